The van der Waals surface area contributed by atoms with Gasteiger partial charge in [-0.3, -0.25) is 0 Å². The van der Waals surface area contributed by atoms with Gasteiger partial charge >= 0.3 is 0 Å². The van der Waals surface area contributed by atoms with Crippen molar-refractivity contribution in [3.05, 3.63) is 65.2 Å². The minimum Gasteiger partial charge on any atom is -0.489 e. The molecule has 3 nitrogen and oxygen atoms in total. The van der Waals surface area contributed by atoms with Crippen LogP contribution in [-0.4, -0.2) is 5.11 Å². The Morgan fingerprint density at radius 3 is 2.58 bits per heavy atom. The molecule has 0 bridgehead atoms. The highest BCUT2D eigenvalue weighted by Crippen LogP contribution is 2.19. The highest BCUT2D eigenvalue weighted by Gasteiger charge is 2.02. The molecule has 0 spiro atoms. The minimum atomic E-state index is -0.501. The number of hydrogen-bond acceptors (Lipinski definition) is 3. The Balaban J connectivity index is 2.02. The van der Waals surface area contributed by atoms with E-state index >= 15 is 0 Å². The first-order valence-electron chi connectivity index (χ1n) is 6.09. The number of ether oxygens (including phenoxy) is 1. The van der Waals surface area contributed by atoms with Crippen molar-refractivity contribution >= 4 is 0 Å². The summed E-state index contributed by atoms with van der Waals surface area (Å²) in [5, 5.41) is 18.2. The smallest absolute Gasteiger partial charge is 0.120 e. The molecule has 0 saturated carbocycles. The van der Waals surface area contributed by atoms with E-state index in [1.807, 2.05) is 36.4 Å². The largest absolute Gasteiger partial charge is 0.489 e. The number of rotatable bonds is 4. The van der Waals surface area contributed by atoms with Gasteiger partial charge in [-0.2, -0.15) is 5.26 Å². The summed E-state index contributed by atoms with van der Waals surface area (Å²) >= 11 is 0. The maximum Gasteiger partial charge on any atom is 0.120 e. The lowest BCUT2D eigenvalue weighted by atomic mass is 10.1. The fraction of sp³-hybridized carbons (Fsp3) is 0.188. The molecule has 2 rings (SSSR count). The van der Waals surface area contributed by atoms with Crippen LogP contribution in [0, 0.1) is 11.3 Å². The number of benzene rings is 2. The Morgan fingerprint density at radius 2 is 1.95 bits per heavy atom. The van der Waals surface area contributed by atoms with Gasteiger partial charge in [-0.25, -0.2) is 0 Å². The van der Waals surface area contributed by atoms with Crippen LogP contribution in [0.1, 0.15) is 29.7 Å². The molecule has 2 aromatic carbocycles. The van der Waals surface area contributed by atoms with E-state index < -0.39 is 6.10 Å². The second-order valence-corrected chi connectivity index (χ2v) is 4.35. The van der Waals surface area contributed by atoms with Crippen molar-refractivity contribution in [3.63, 3.8) is 0 Å². The van der Waals surface area contributed by atoms with Crippen molar-refractivity contribution in [2.24, 2.45) is 0 Å². The van der Waals surface area contributed by atoms with E-state index in [1.165, 1.54) is 0 Å². The molecule has 0 heterocycles. The van der Waals surface area contributed by atoms with E-state index in [0.29, 0.717) is 12.2 Å². The Kier molecular flexibility index (Phi) is 4.17. The molecule has 1 N–H and O–H groups in total. The topological polar surface area (TPSA) is 53.2 Å². The first-order chi connectivity index (χ1) is 9.19. The highest BCUT2D eigenvalue weighted by atomic mass is 16.5. The third-order valence-electron chi connectivity index (χ3n) is 2.83. The predicted molar refractivity (Wildman–Crippen MR) is 72.6 cm³/mol. The SMILES string of the molecule is C[C@@H](O)c1cccc(OCc2ccc(C#N)cc2)c1. The van der Waals surface area contributed by atoms with Crippen LogP contribution in [0.3, 0.4) is 0 Å². The van der Waals surface area contributed by atoms with Gasteiger partial charge < -0.3 is 9.84 Å². The third-order valence-corrected chi connectivity index (χ3v) is 2.83. The van der Waals surface area contributed by atoms with Crippen LogP contribution in [0.25, 0.3) is 0 Å². The minimum absolute atomic E-state index is 0.439. The lowest BCUT2D eigenvalue weighted by Gasteiger charge is -2.09. The molecule has 0 saturated heterocycles. The van der Waals surface area contributed by atoms with E-state index in [9.17, 15) is 5.11 Å². The van der Waals surface area contributed by atoms with Crippen LogP contribution in [0.2, 0.25) is 0 Å². The Hall–Kier alpha value is -2.31. The number of hydrogen-bond donors (Lipinski definition) is 1. The molecular formula is C16H15NO2. The maximum absolute atomic E-state index is 9.50. The van der Waals surface area contributed by atoms with Crippen LogP contribution in [0.5, 0.6) is 5.75 Å². The molecule has 0 aliphatic rings. The van der Waals surface area contributed by atoms with Gasteiger partial charge in [0, 0.05) is 0 Å². The third kappa shape index (κ3) is 3.57. The molecule has 2 aromatic rings. The average molecular weight is 253 g/mol. The van der Waals surface area contributed by atoms with Gasteiger partial charge in [-0.05, 0) is 42.3 Å². The van der Waals surface area contributed by atoms with Crippen LogP contribution in [-0.2, 0) is 6.61 Å². The van der Waals surface area contributed by atoms with Crippen molar-refractivity contribution in [3.8, 4) is 11.8 Å². The number of nitriles is 1. The molecule has 0 aliphatic carbocycles. The fourth-order valence-electron chi connectivity index (χ4n) is 1.71. The van der Waals surface area contributed by atoms with Crippen LogP contribution in [0.15, 0.2) is 48.5 Å². The second kappa shape index (κ2) is 6.03. The Labute approximate surface area is 112 Å². The van der Waals surface area contributed by atoms with Gasteiger partial charge in [0.2, 0.25) is 0 Å². The van der Waals surface area contributed by atoms with Crippen molar-refractivity contribution in [1.29, 1.82) is 5.26 Å². The number of aliphatic hydroxyl groups excluding tert-OH is 1. The lowest BCUT2D eigenvalue weighted by molar-refractivity contribution is 0.198. The summed E-state index contributed by atoms with van der Waals surface area (Å²) in [6.07, 6.45) is -0.501. The standard InChI is InChI=1S/C16H15NO2/c1-12(18)15-3-2-4-16(9-15)19-11-14-7-5-13(10-17)6-8-14/h2-9,12,18H,11H2,1H3/t12-/m1/s1. The normalized spacial score (nSPS) is 11.6. The van der Waals surface area contributed by atoms with Crippen molar-refractivity contribution in [2.45, 2.75) is 19.6 Å². The lowest BCUT2D eigenvalue weighted by Crippen LogP contribution is -1.97. The zero-order chi connectivity index (χ0) is 13.7. The van der Waals surface area contributed by atoms with E-state index in [-0.39, 0.29) is 0 Å². The summed E-state index contributed by atoms with van der Waals surface area (Å²) in [7, 11) is 0. The number of aliphatic hydroxyl groups is 1. The van der Waals surface area contributed by atoms with E-state index in [4.69, 9.17) is 10.00 Å². The summed E-state index contributed by atoms with van der Waals surface area (Å²) in [6, 6.07) is 16.8. The molecule has 0 radical (unpaired) electrons. The molecule has 3 heteroatoms. The zero-order valence-electron chi connectivity index (χ0n) is 10.7. The Bertz CT molecular complexity index is 582. The summed E-state index contributed by atoms with van der Waals surface area (Å²) in [5.41, 5.74) is 2.47. The second-order valence-electron chi connectivity index (χ2n) is 4.35. The summed E-state index contributed by atoms with van der Waals surface area (Å²) in [6.45, 7) is 2.16. The molecule has 0 unspecified atom stereocenters. The summed E-state index contributed by atoms with van der Waals surface area (Å²) in [4.78, 5) is 0. The van der Waals surface area contributed by atoms with E-state index in [1.54, 1.807) is 19.1 Å². The molecule has 0 aromatic heterocycles. The van der Waals surface area contributed by atoms with Gasteiger partial charge in [-0.1, -0.05) is 24.3 Å². The molecule has 19 heavy (non-hydrogen) atoms. The quantitative estimate of drug-likeness (QED) is 0.910. The van der Waals surface area contributed by atoms with Gasteiger partial charge in [-0.15, -0.1) is 0 Å². The molecule has 0 aliphatic heterocycles. The Morgan fingerprint density at radius 1 is 1.21 bits per heavy atom. The van der Waals surface area contributed by atoms with E-state index in [0.717, 1.165) is 16.9 Å². The van der Waals surface area contributed by atoms with Crippen molar-refractivity contribution in [2.75, 3.05) is 0 Å². The molecular weight excluding hydrogens is 238 g/mol. The number of nitrogens with zero attached hydrogens (tertiary/aromatic N) is 1. The molecule has 1 atom stereocenters. The molecule has 96 valence electrons. The van der Waals surface area contributed by atoms with Gasteiger partial charge in [0.05, 0.1) is 17.7 Å². The van der Waals surface area contributed by atoms with Crippen LogP contribution in [0.4, 0.5) is 0 Å². The maximum atomic E-state index is 9.50. The molecule has 0 amide bonds. The van der Waals surface area contributed by atoms with Crippen molar-refractivity contribution in [1.82, 2.24) is 0 Å². The zero-order valence-corrected chi connectivity index (χ0v) is 10.7. The van der Waals surface area contributed by atoms with Crippen LogP contribution < -0.4 is 4.74 Å². The summed E-state index contributed by atoms with van der Waals surface area (Å²) in [5.74, 6) is 0.725. The summed E-state index contributed by atoms with van der Waals surface area (Å²) < 4.78 is 5.66. The molecule has 0 fully saturated rings. The average Bonchev–Trinajstić information content (AvgIpc) is 2.46. The van der Waals surface area contributed by atoms with E-state index in [2.05, 4.69) is 6.07 Å². The van der Waals surface area contributed by atoms with Crippen molar-refractivity contribution < 1.29 is 9.84 Å². The first kappa shape index (κ1) is 13.1. The van der Waals surface area contributed by atoms with Crippen LogP contribution >= 0.6 is 0 Å². The monoisotopic (exact) mass is 253 g/mol. The van der Waals surface area contributed by atoms with Gasteiger partial charge in [0.15, 0.2) is 0 Å². The first-order valence-corrected chi connectivity index (χ1v) is 6.09. The fourth-order valence-corrected chi connectivity index (χ4v) is 1.71. The highest BCUT2D eigenvalue weighted by molar-refractivity contribution is 5.32. The van der Waals surface area contributed by atoms with Gasteiger partial charge in [0.25, 0.3) is 0 Å². The predicted octanol–water partition coefficient (Wildman–Crippen LogP) is 3.19. The van der Waals surface area contributed by atoms with Gasteiger partial charge in [0.1, 0.15) is 12.4 Å².